The summed E-state index contributed by atoms with van der Waals surface area (Å²) in [7, 11) is 0. The second-order valence-corrected chi connectivity index (χ2v) is 4.90. The fourth-order valence-electron chi connectivity index (χ4n) is 1.92. The van der Waals surface area contributed by atoms with E-state index in [-0.39, 0.29) is 17.2 Å². The number of aromatic nitrogens is 1. The zero-order valence-electron chi connectivity index (χ0n) is 12.6. The smallest absolute Gasteiger partial charge is 0.326 e. The van der Waals surface area contributed by atoms with E-state index < -0.39 is 11.7 Å². The van der Waals surface area contributed by atoms with Crippen molar-refractivity contribution >= 4 is 23.2 Å². The molecule has 2 rings (SSSR count). The van der Waals surface area contributed by atoms with E-state index >= 15 is 0 Å². The van der Waals surface area contributed by atoms with Crippen LogP contribution in [-0.2, 0) is 11.0 Å². The molecule has 0 aliphatic rings. The van der Waals surface area contributed by atoms with E-state index in [1.54, 1.807) is 24.3 Å². The third kappa shape index (κ3) is 4.43. The summed E-state index contributed by atoms with van der Waals surface area (Å²) in [6.45, 7) is 1.39. The fraction of sp³-hybridized carbons (Fsp3) is 0.118. The minimum Gasteiger partial charge on any atom is -0.326 e. The molecule has 7 heteroatoms. The Hall–Kier alpha value is -3.14. The average Bonchev–Trinajstić information content (AvgIpc) is 2.53. The summed E-state index contributed by atoms with van der Waals surface area (Å²) in [6, 6.07) is 10.6. The summed E-state index contributed by atoms with van der Waals surface area (Å²) in [5.41, 5.74) is 0.670. The van der Waals surface area contributed by atoms with Crippen LogP contribution in [0.4, 0.5) is 18.9 Å². The van der Waals surface area contributed by atoms with Crippen LogP contribution in [0.1, 0.15) is 23.7 Å². The third-order valence-electron chi connectivity index (χ3n) is 3.03. The van der Waals surface area contributed by atoms with E-state index in [2.05, 4.69) is 10.3 Å². The Balaban J connectivity index is 2.26. The largest absolute Gasteiger partial charge is 0.417 e. The number of hydrogen-bond acceptors (Lipinski definition) is 3. The number of carbonyl (C=O) groups excluding carboxylic acids is 1. The van der Waals surface area contributed by atoms with Gasteiger partial charge in [0.15, 0.2) is 0 Å². The van der Waals surface area contributed by atoms with Gasteiger partial charge in [0.1, 0.15) is 6.07 Å². The van der Waals surface area contributed by atoms with Gasteiger partial charge in [0.05, 0.1) is 16.8 Å². The van der Waals surface area contributed by atoms with Crippen molar-refractivity contribution in [3.05, 3.63) is 59.4 Å². The standard InChI is InChI=1S/C17H12F3N3O/c1-11(24)23-15-5-2-12(3-6-15)8-13(9-21)16-7-4-14(10-22-16)17(18,19)20/h2-8,10H,1H3,(H,23,24)/b13-8+. The molecule has 0 aliphatic carbocycles. The summed E-state index contributed by atoms with van der Waals surface area (Å²) in [5, 5.41) is 11.8. The highest BCUT2D eigenvalue weighted by Gasteiger charge is 2.30. The predicted molar refractivity (Wildman–Crippen MR) is 83.5 cm³/mol. The number of alkyl halides is 3. The Morgan fingerprint density at radius 3 is 2.33 bits per heavy atom. The quantitative estimate of drug-likeness (QED) is 0.860. The van der Waals surface area contributed by atoms with Crippen molar-refractivity contribution in [1.29, 1.82) is 5.26 Å². The van der Waals surface area contributed by atoms with Gasteiger partial charge in [-0.15, -0.1) is 0 Å². The van der Waals surface area contributed by atoms with Crippen molar-refractivity contribution < 1.29 is 18.0 Å². The lowest BCUT2D eigenvalue weighted by molar-refractivity contribution is -0.137. The number of hydrogen-bond donors (Lipinski definition) is 1. The van der Waals surface area contributed by atoms with Crippen LogP contribution < -0.4 is 5.32 Å². The van der Waals surface area contributed by atoms with Crippen molar-refractivity contribution in [1.82, 2.24) is 4.98 Å². The van der Waals surface area contributed by atoms with Crippen molar-refractivity contribution in [2.24, 2.45) is 0 Å². The molecule has 1 aromatic heterocycles. The molecule has 0 spiro atoms. The summed E-state index contributed by atoms with van der Waals surface area (Å²) < 4.78 is 37.6. The Bertz CT molecular complexity index is 801. The maximum atomic E-state index is 12.5. The maximum Gasteiger partial charge on any atom is 0.417 e. The van der Waals surface area contributed by atoms with Gasteiger partial charge < -0.3 is 5.32 Å². The zero-order chi connectivity index (χ0) is 17.7. The molecule has 0 atom stereocenters. The van der Waals surface area contributed by atoms with Crippen molar-refractivity contribution in [3.63, 3.8) is 0 Å². The molecule has 1 heterocycles. The molecule has 1 N–H and O–H groups in total. The van der Waals surface area contributed by atoms with Gasteiger partial charge in [-0.2, -0.15) is 18.4 Å². The maximum absolute atomic E-state index is 12.5. The van der Waals surface area contributed by atoms with Crippen LogP contribution in [0.5, 0.6) is 0 Å². The molecule has 1 amide bonds. The number of anilines is 1. The minimum absolute atomic E-state index is 0.135. The van der Waals surface area contributed by atoms with E-state index in [1.165, 1.54) is 13.0 Å². The first kappa shape index (κ1) is 17.2. The summed E-state index contributed by atoms with van der Waals surface area (Å²) in [5.74, 6) is -0.204. The predicted octanol–water partition coefficient (Wildman–Crippen LogP) is 4.12. The third-order valence-corrected chi connectivity index (χ3v) is 3.03. The lowest BCUT2D eigenvalue weighted by atomic mass is 10.1. The van der Waals surface area contributed by atoms with E-state index in [0.717, 1.165) is 12.1 Å². The Morgan fingerprint density at radius 1 is 1.21 bits per heavy atom. The molecule has 0 saturated carbocycles. The monoisotopic (exact) mass is 331 g/mol. The number of nitrogens with one attached hydrogen (secondary N) is 1. The number of nitriles is 1. The molecule has 0 bridgehead atoms. The van der Waals surface area contributed by atoms with E-state index in [1.807, 2.05) is 6.07 Å². The van der Waals surface area contributed by atoms with Crippen LogP contribution in [0.25, 0.3) is 11.6 Å². The topological polar surface area (TPSA) is 65.8 Å². The van der Waals surface area contributed by atoms with E-state index in [9.17, 15) is 23.2 Å². The molecular weight excluding hydrogens is 319 g/mol. The second kappa shape index (κ2) is 6.96. The van der Waals surface area contributed by atoms with Gasteiger partial charge in [0.25, 0.3) is 0 Å². The van der Waals surface area contributed by atoms with Crippen LogP contribution in [0, 0.1) is 11.3 Å². The van der Waals surface area contributed by atoms with Crippen LogP contribution in [-0.4, -0.2) is 10.9 Å². The van der Waals surface area contributed by atoms with Crippen LogP contribution in [0.15, 0.2) is 42.6 Å². The average molecular weight is 331 g/mol. The summed E-state index contributed by atoms with van der Waals surface area (Å²) in [6.07, 6.45) is -2.27. The Kier molecular flexibility index (Phi) is 4.99. The highest BCUT2D eigenvalue weighted by atomic mass is 19.4. The van der Waals surface area contributed by atoms with Gasteiger partial charge in [0.2, 0.25) is 5.91 Å². The number of amides is 1. The summed E-state index contributed by atoms with van der Waals surface area (Å²) >= 11 is 0. The van der Waals surface area contributed by atoms with Crippen molar-refractivity contribution in [2.45, 2.75) is 13.1 Å². The normalized spacial score (nSPS) is 11.7. The molecule has 24 heavy (non-hydrogen) atoms. The number of nitrogens with zero attached hydrogens (tertiary/aromatic N) is 2. The highest BCUT2D eigenvalue weighted by molar-refractivity contribution is 5.90. The zero-order valence-corrected chi connectivity index (χ0v) is 12.6. The van der Waals surface area contributed by atoms with Crippen LogP contribution in [0.2, 0.25) is 0 Å². The number of allylic oxidation sites excluding steroid dienone is 1. The van der Waals surface area contributed by atoms with Gasteiger partial charge in [-0.1, -0.05) is 12.1 Å². The minimum atomic E-state index is -4.47. The summed E-state index contributed by atoms with van der Waals surface area (Å²) in [4.78, 5) is 14.7. The Labute approximate surface area is 136 Å². The van der Waals surface area contributed by atoms with E-state index in [0.29, 0.717) is 17.4 Å². The fourth-order valence-corrected chi connectivity index (χ4v) is 1.92. The number of pyridine rings is 1. The van der Waals surface area contributed by atoms with Gasteiger partial charge in [-0.25, -0.2) is 0 Å². The second-order valence-electron chi connectivity index (χ2n) is 4.90. The molecule has 4 nitrogen and oxygen atoms in total. The lowest BCUT2D eigenvalue weighted by Gasteiger charge is -2.06. The molecule has 2 aromatic rings. The molecule has 0 saturated heterocycles. The Morgan fingerprint density at radius 2 is 1.88 bits per heavy atom. The van der Waals surface area contributed by atoms with Gasteiger partial charge in [-0.3, -0.25) is 9.78 Å². The van der Waals surface area contributed by atoms with Crippen LogP contribution in [0.3, 0.4) is 0 Å². The molecule has 0 aliphatic heterocycles. The van der Waals surface area contributed by atoms with Crippen molar-refractivity contribution in [2.75, 3.05) is 5.32 Å². The first-order valence-electron chi connectivity index (χ1n) is 6.82. The number of halogens is 3. The SMILES string of the molecule is CC(=O)Nc1ccc(/C=C(\C#N)c2ccc(C(F)(F)F)cn2)cc1. The lowest BCUT2D eigenvalue weighted by Crippen LogP contribution is -2.05. The number of rotatable bonds is 3. The number of benzene rings is 1. The van der Waals surface area contributed by atoms with Crippen LogP contribution >= 0.6 is 0 Å². The van der Waals surface area contributed by atoms with E-state index in [4.69, 9.17) is 0 Å². The highest BCUT2D eigenvalue weighted by Crippen LogP contribution is 2.29. The molecular formula is C17H12F3N3O. The molecule has 0 radical (unpaired) electrons. The van der Waals surface area contributed by atoms with Gasteiger partial charge in [0, 0.05) is 18.8 Å². The molecule has 1 aromatic carbocycles. The van der Waals surface area contributed by atoms with Gasteiger partial charge in [-0.05, 0) is 35.9 Å². The molecule has 0 fully saturated rings. The first-order chi connectivity index (χ1) is 11.3. The molecule has 122 valence electrons. The molecule has 0 unspecified atom stereocenters. The number of carbonyl (C=O) groups is 1. The van der Waals surface area contributed by atoms with Gasteiger partial charge >= 0.3 is 6.18 Å². The first-order valence-corrected chi connectivity index (χ1v) is 6.82. The van der Waals surface area contributed by atoms with Crippen molar-refractivity contribution in [3.8, 4) is 6.07 Å².